The van der Waals surface area contributed by atoms with Gasteiger partial charge in [-0.05, 0) is 5.75 Å². The fraction of sp³-hybridized carbons (Fsp3) is 0.833. The zero-order valence-corrected chi connectivity index (χ0v) is 7.71. The molecule has 4 heteroatoms. The van der Waals surface area contributed by atoms with Crippen LogP contribution in [0, 0.1) is 0 Å². The van der Waals surface area contributed by atoms with E-state index in [0.29, 0.717) is 6.42 Å². The van der Waals surface area contributed by atoms with Gasteiger partial charge in [0, 0.05) is 11.5 Å². The van der Waals surface area contributed by atoms with Crippen LogP contribution < -0.4 is 0 Å². The summed E-state index contributed by atoms with van der Waals surface area (Å²) >= 11 is 5.75. The maximum absolute atomic E-state index is 10.5. The molecule has 0 rings (SSSR count). The summed E-state index contributed by atoms with van der Waals surface area (Å²) in [5.41, 5.74) is 0. The van der Waals surface area contributed by atoms with E-state index < -0.39 is 0 Å². The van der Waals surface area contributed by atoms with E-state index >= 15 is 0 Å². The lowest BCUT2D eigenvalue weighted by Crippen LogP contribution is -2.01. The largest absolute Gasteiger partial charge is 0.469 e. The monoisotopic (exact) mass is 180 g/mol. The van der Waals surface area contributed by atoms with Crippen LogP contribution in [0.5, 0.6) is 0 Å². The van der Waals surface area contributed by atoms with Gasteiger partial charge in [0.15, 0.2) is 0 Å². The van der Waals surface area contributed by atoms with E-state index in [9.17, 15) is 4.79 Å². The molecule has 0 saturated heterocycles. The Balaban J connectivity index is 2.96. The summed E-state index contributed by atoms with van der Waals surface area (Å²) in [6, 6.07) is 0. The third-order valence-corrected chi connectivity index (χ3v) is 2.43. The highest BCUT2D eigenvalue weighted by molar-refractivity contribution is 7.99. The van der Waals surface area contributed by atoms with Crippen molar-refractivity contribution < 1.29 is 9.53 Å². The number of thiol groups is 1. The SMILES string of the molecule is COC(=O)CCSCCS. The van der Waals surface area contributed by atoms with E-state index in [1.807, 2.05) is 0 Å². The van der Waals surface area contributed by atoms with Gasteiger partial charge in [0.2, 0.25) is 0 Å². The van der Waals surface area contributed by atoms with Crippen LogP contribution in [0.1, 0.15) is 6.42 Å². The van der Waals surface area contributed by atoms with Gasteiger partial charge in [0.1, 0.15) is 0 Å². The number of carbonyl (C=O) groups is 1. The molecule has 0 bridgehead atoms. The lowest BCUT2D eigenvalue weighted by Gasteiger charge is -1.97. The van der Waals surface area contributed by atoms with E-state index in [0.717, 1.165) is 17.3 Å². The van der Waals surface area contributed by atoms with Crippen molar-refractivity contribution in [2.24, 2.45) is 0 Å². The molecule has 0 atom stereocenters. The lowest BCUT2D eigenvalue weighted by atomic mass is 10.5. The third-order valence-electron chi connectivity index (χ3n) is 0.914. The van der Waals surface area contributed by atoms with Gasteiger partial charge in [0.25, 0.3) is 0 Å². The average Bonchev–Trinajstić information content (AvgIpc) is 1.98. The molecule has 0 aliphatic rings. The van der Waals surface area contributed by atoms with Gasteiger partial charge in [0.05, 0.1) is 13.5 Å². The van der Waals surface area contributed by atoms with Gasteiger partial charge in [-0.1, -0.05) is 0 Å². The number of hydrogen-bond donors (Lipinski definition) is 1. The number of methoxy groups -OCH3 is 1. The maximum Gasteiger partial charge on any atom is 0.306 e. The standard InChI is InChI=1S/C6H12O2S2/c1-8-6(7)2-4-10-5-3-9/h9H,2-5H2,1H3. The number of thioether (sulfide) groups is 1. The molecule has 0 radical (unpaired) electrons. The van der Waals surface area contributed by atoms with E-state index in [4.69, 9.17) is 0 Å². The summed E-state index contributed by atoms with van der Waals surface area (Å²) in [5.74, 6) is 2.57. The Bertz CT molecular complexity index is 95.7. The first-order valence-electron chi connectivity index (χ1n) is 3.06. The molecule has 0 fully saturated rings. The second kappa shape index (κ2) is 7.28. The lowest BCUT2D eigenvalue weighted by molar-refractivity contribution is -0.140. The molecule has 0 N–H and O–H groups in total. The molecule has 10 heavy (non-hydrogen) atoms. The van der Waals surface area contributed by atoms with E-state index in [2.05, 4.69) is 17.4 Å². The second-order valence-electron chi connectivity index (χ2n) is 1.66. The molecule has 0 aromatic rings. The zero-order valence-electron chi connectivity index (χ0n) is 6.00. The van der Waals surface area contributed by atoms with Crippen molar-refractivity contribution in [3.63, 3.8) is 0 Å². The highest BCUT2D eigenvalue weighted by Crippen LogP contribution is 2.02. The Morgan fingerprint density at radius 1 is 1.60 bits per heavy atom. The normalized spacial score (nSPS) is 9.40. The summed E-state index contributed by atoms with van der Waals surface area (Å²) in [6.07, 6.45) is 0.509. The number of rotatable bonds is 5. The molecule has 0 aliphatic carbocycles. The number of carbonyl (C=O) groups excluding carboxylic acids is 1. The molecule has 0 unspecified atom stereocenters. The van der Waals surface area contributed by atoms with E-state index in [1.165, 1.54) is 7.11 Å². The van der Waals surface area contributed by atoms with Crippen molar-refractivity contribution >= 4 is 30.4 Å². The topological polar surface area (TPSA) is 26.3 Å². The van der Waals surface area contributed by atoms with Crippen molar-refractivity contribution in [2.75, 3.05) is 24.4 Å². The minimum absolute atomic E-state index is 0.133. The number of esters is 1. The first-order chi connectivity index (χ1) is 4.81. The summed E-state index contributed by atoms with van der Waals surface area (Å²) < 4.78 is 4.46. The molecular formula is C6H12O2S2. The quantitative estimate of drug-likeness (QED) is 0.391. The molecule has 0 aromatic heterocycles. The molecule has 0 spiro atoms. The molecular weight excluding hydrogens is 168 g/mol. The summed E-state index contributed by atoms with van der Waals surface area (Å²) in [5, 5.41) is 0. The van der Waals surface area contributed by atoms with Gasteiger partial charge in [-0.25, -0.2) is 0 Å². The zero-order chi connectivity index (χ0) is 7.82. The van der Waals surface area contributed by atoms with Gasteiger partial charge in [-0.15, -0.1) is 0 Å². The Kier molecular flexibility index (Phi) is 7.40. The Morgan fingerprint density at radius 2 is 2.30 bits per heavy atom. The Hall–Kier alpha value is 0.170. The van der Waals surface area contributed by atoms with Crippen molar-refractivity contribution in [2.45, 2.75) is 6.42 Å². The van der Waals surface area contributed by atoms with E-state index in [-0.39, 0.29) is 5.97 Å². The summed E-state index contributed by atoms with van der Waals surface area (Å²) in [7, 11) is 1.41. The van der Waals surface area contributed by atoms with Crippen molar-refractivity contribution in [3.05, 3.63) is 0 Å². The molecule has 60 valence electrons. The van der Waals surface area contributed by atoms with Crippen LogP contribution >= 0.6 is 24.4 Å². The molecule has 0 aliphatic heterocycles. The predicted octanol–water partition coefficient (Wildman–Crippen LogP) is 1.21. The Labute approximate surface area is 71.1 Å². The van der Waals surface area contributed by atoms with Crippen LogP contribution in [0.4, 0.5) is 0 Å². The van der Waals surface area contributed by atoms with Crippen LogP contribution in [0.2, 0.25) is 0 Å². The molecule has 0 saturated carbocycles. The van der Waals surface area contributed by atoms with Crippen LogP contribution in [-0.4, -0.2) is 30.3 Å². The van der Waals surface area contributed by atoms with Gasteiger partial charge in [-0.2, -0.15) is 24.4 Å². The maximum atomic E-state index is 10.5. The fourth-order valence-electron chi connectivity index (χ4n) is 0.424. The summed E-state index contributed by atoms with van der Waals surface area (Å²) in [6.45, 7) is 0. The van der Waals surface area contributed by atoms with Crippen LogP contribution in [0.3, 0.4) is 0 Å². The molecule has 0 amide bonds. The first kappa shape index (κ1) is 10.2. The van der Waals surface area contributed by atoms with Gasteiger partial charge in [-0.3, -0.25) is 4.79 Å². The predicted molar refractivity (Wildman–Crippen MR) is 47.8 cm³/mol. The van der Waals surface area contributed by atoms with Crippen molar-refractivity contribution in [3.8, 4) is 0 Å². The molecule has 0 heterocycles. The highest BCUT2D eigenvalue weighted by Gasteiger charge is 1.97. The van der Waals surface area contributed by atoms with E-state index in [1.54, 1.807) is 11.8 Å². The number of hydrogen-bond acceptors (Lipinski definition) is 4. The number of ether oxygens (including phenoxy) is 1. The smallest absolute Gasteiger partial charge is 0.306 e. The highest BCUT2D eigenvalue weighted by atomic mass is 32.2. The minimum atomic E-state index is -0.133. The fourth-order valence-corrected chi connectivity index (χ4v) is 1.46. The summed E-state index contributed by atoms with van der Waals surface area (Å²) in [4.78, 5) is 10.5. The third kappa shape index (κ3) is 6.29. The molecule has 0 aromatic carbocycles. The average molecular weight is 180 g/mol. The minimum Gasteiger partial charge on any atom is -0.469 e. The van der Waals surface area contributed by atoms with Crippen molar-refractivity contribution in [1.82, 2.24) is 0 Å². The molecule has 2 nitrogen and oxygen atoms in total. The van der Waals surface area contributed by atoms with Crippen LogP contribution in [0.15, 0.2) is 0 Å². The van der Waals surface area contributed by atoms with Crippen LogP contribution in [-0.2, 0) is 9.53 Å². The Morgan fingerprint density at radius 3 is 2.80 bits per heavy atom. The van der Waals surface area contributed by atoms with Crippen LogP contribution in [0.25, 0.3) is 0 Å². The van der Waals surface area contributed by atoms with Crippen molar-refractivity contribution in [1.29, 1.82) is 0 Å². The van der Waals surface area contributed by atoms with Gasteiger partial charge >= 0.3 is 5.97 Å². The first-order valence-corrected chi connectivity index (χ1v) is 4.85. The second-order valence-corrected chi connectivity index (χ2v) is 3.33. The van der Waals surface area contributed by atoms with Gasteiger partial charge < -0.3 is 4.74 Å².